The third kappa shape index (κ3) is 3.80. The van der Waals surface area contributed by atoms with E-state index in [0.717, 1.165) is 22.0 Å². The van der Waals surface area contributed by atoms with Crippen LogP contribution in [0, 0.1) is 6.92 Å². The SMILES string of the molecule is COc1ccc(NC(=O)C(=O)NCc2cccc3cccnc23)c(C)c1. The topological polar surface area (TPSA) is 80.3 Å². The summed E-state index contributed by atoms with van der Waals surface area (Å²) in [6.45, 7) is 2.06. The molecular formula is C20H19N3O3. The lowest BCUT2D eigenvalue weighted by Crippen LogP contribution is -2.35. The second-order valence-corrected chi connectivity index (χ2v) is 5.81. The number of rotatable bonds is 4. The van der Waals surface area contributed by atoms with Crippen LogP contribution in [0.4, 0.5) is 5.69 Å². The fourth-order valence-electron chi connectivity index (χ4n) is 2.65. The highest BCUT2D eigenvalue weighted by molar-refractivity contribution is 6.39. The quantitative estimate of drug-likeness (QED) is 0.710. The van der Waals surface area contributed by atoms with Crippen LogP contribution in [-0.4, -0.2) is 23.9 Å². The van der Waals surface area contributed by atoms with E-state index < -0.39 is 11.8 Å². The van der Waals surface area contributed by atoms with Gasteiger partial charge in [0, 0.05) is 23.8 Å². The summed E-state index contributed by atoms with van der Waals surface area (Å²) in [5.41, 5.74) is 3.04. The predicted molar refractivity (Wildman–Crippen MR) is 100.0 cm³/mol. The molecule has 2 aromatic carbocycles. The second-order valence-electron chi connectivity index (χ2n) is 5.81. The average Bonchev–Trinajstić information content (AvgIpc) is 2.67. The van der Waals surface area contributed by atoms with Crippen LogP contribution in [0.15, 0.2) is 54.7 Å². The van der Waals surface area contributed by atoms with Crippen molar-refractivity contribution < 1.29 is 14.3 Å². The van der Waals surface area contributed by atoms with Gasteiger partial charge in [-0.25, -0.2) is 0 Å². The first-order valence-corrected chi connectivity index (χ1v) is 8.15. The molecule has 0 saturated carbocycles. The monoisotopic (exact) mass is 349 g/mol. The van der Waals surface area contributed by atoms with Gasteiger partial charge in [0.05, 0.1) is 12.6 Å². The molecule has 0 atom stereocenters. The minimum atomic E-state index is -0.716. The predicted octanol–water partition coefficient (Wildman–Crippen LogP) is 2.81. The van der Waals surface area contributed by atoms with Gasteiger partial charge in [-0.3, -0.25) is 14.6 Å². The number of anilines is 1. The molecule has 0 radical (unpaired) electrons. The number of carbonyl (C=O) groups is 2. The summed E-state index contributed by atoms with van der Waals surface area (Å²) >= 11 is 0. The third-order valence-electron chi connectivity index (χ3n) is 4.04. The van der Waals surface area contributed by atoms with Crippen molar-refractivity contribution in [3.05, 3.63) is 65.9 Å². The van der Waals surface area contributed by atoms with Crippen LogP contribution in [0.25, 0.3) is 10.9 Å². The van der Waals surface area contributed by atoms with E-state index in [1.807, 2.05) is 37.3 Å². The maximum atomic E-state index is 12.1. The highest BCUT2D eigenvalue weighted by Gasteiger charge is 2.15. The van der Waals surface area contributed by atoms with Crippen molar-refractivity contribution in [1.82, 2.24) is 10.3 Å². The Bertz CT molecular complexity index is 964. The van der Waals surface area contributed by atoms with Gasteiger partial charge < -0.3 is 15.4 Å². The molecule has 2 N–H and O–H groups in total. The van der Waals surface area contributed by atoms with Gasteiger partial charge >= 0.3 is 11.8 Å². The minimum absolute atomic E-state index is 0.224. The Labute approximate surface area is 151 Å². The van der Waals surface area contributed by atoms with E-state index in [1.54, 1.807) is 31.5 Å². The molecule has 3 aromatic rings. The molecule has 26 heavy (non-hydrogen) atoms. The lowest BCUT2D eigenvalue weighted by Gasteiger charge is -2.10. The Morgan fingerprint density at radius 3 is 2.65 bits per heavy atom. The lowest BCUT2D eigenvalue weighted by atomic mass is 10.1. The summed E-state index contributed by atoms with van der Waals surface area (Å²) in [5.74, 6) is -0.729. The van der Waals surface area contributed by atoms with Gasteiger partial charge in [0.2, 0.25) is 0 Å². The van der Waals surface area contributed by atoms with E-state index in [-0.39, 0.29) is 6.54 Å². The number of methoxy groups -OCH3 is 1. The van der Waals surface area contributed by atoms with Crippen LogP contribution in [0.5, 0.6) is 5.75 Å². The van der Waals surface area contributed by atoms with Crippen LogP contribution in [0.2, 0.25) is 0 Å². The zero-order chi connectivity index (χ0) is 18.5. The molecule has 0 saturated heterocycles. The van der Waals surface area contributed by atoms with E-state index in [1.165, 1.54) is 0 Å². The van der Waals surface area contributed by atoms with Crippen molar-refractivity contribution in [3.8, 4) is 5.75 Å². The van der Waals surface area contributed by atoms with Crippen molar-refractivity contribution in [2.75, 3.05) is 12.4 Å². The number of pyridine rings is 1. The van der Waals surface area contributed by atoms with Crippen molar-refractivity contribution >= 4 is 28.4 Å². The summed E-state index contributed by atoms with van der Waals surface area (Å²) in [5, 5.41) is 6.23. The number of hydrogen-bond donors (Lipinski definition) is 2. The lowest BCUT2D eigenvalue weighted by molar-refractivity contribution is -0.136. The summed E-state index contributed by atoms with van der Waals surface area (Å²) in [7, 11) is 1.57. The molecule has 0 aliphatic rings. The van der Waals surface area contributed by atoms with Crippen LogP contribution in [-0.2, 0) is 16.1 Å². The first kappa shape index (κ1) is 17.4. The van der Waals surface area contributed by atoms with E-state index in [2.05, 4.69) is 15.6 Å². The number of aromatic nitrogens is 1. The van der Waals surface area contributed by atoms with Gasteiger partial charge in [0.25, 0.3) is 0 Å². The minimum Gasteiger partial charge on any atom is -0.497 e. The van der Waals surface area contributed by atoms with Crippen molar-refractivity contribution in [1.29, 1.82) is 0 Å². The number of para-hydroxylation sites is 1. The number of fused-ring (bicyclic) bond motifs is 1. The average molecular weight is 349 g/mol. The fraction of sp³-hybridized carbons (Fsp3) is 0.150. The zero-order valence-electron chi connectivity index (χ0n) is 14.6. The molecule has 1 heterocycles. The summed E-state index contributed by atoms with van der Waals surface area (Å²) in [4.78, 5) is 28.6. The molecule has 3 rings (SSSR count). The van der Waals surface area contributed by atoms with E-state index in [4.69, 9.17) is 4.74 Å². The van der Waals surface area contributed by atoms with Gasteiger partial charge in [0.1, 0.15) is 5.75 Å². The van der Waals surface area contributed by atoms with Crippen LogP contribution >= 0.6 is 0 Å². The highest BCUT2D eigenvalue weighted by Crippen LogP contribution is 2.21. The van der Waals surface area contributed by atoms with Crippen molar-refractivity contribution in [2.24, 2.45) is 0 Å². The first-order valence-electron chi connectivity index (χ1n) is 8.15. The number of carbonyl (C=O) groups excluding carboxylic acids is 2. The van der Waals surface area contributed by atoms with E-state index >= 15 is 0 Å². The number of ether oxygens (including phenoxy) is 1. The molecular weight excluding hydrogens is 330 g/mol. The Hall–Kier alpha value is -3.41. The molecule has 0 unspecified atom stereocenters. The molecule has 0 aliphatic carbocycles. The smallest absolute Gasteiger partial charge is 0.313 e. The van der Waals surface area contributed by atoms with E-state index in [0.29, 0.717) is 11.4 Å². The number of benzene rings is 2. The second kappa shape index (κ2) is 7.65. The van der Waals surface area contributed by atoms with Gasteiger partial charge in [-0.2, -0.15) is 0 Å². The number of amides is 2. The zero-order valence-corrected chi connectivity index (χ0v) is 14.6. The standard InChI is InChI=1S/C20H19N3O3/c1-13-11-16(26-2)8-9-17(13)23-20(25)19(24)22-12-15-6-3-5-14-7-4-10-21-18(14)15/h3-11H,12H2,1-2H3,(H,22,24)(H,23,25). The molecule has 132 valence electrons. The largest absolute Gasteiger partial charge is 0.497 e. The Balaban J connectivity index is 1.65. The summed E-state index contributed by atoms with van der Waals surface area (Å²) in [6, 6.07) is 14.7. The fourth-order valence-corrected chi connectivity index (χ4v) is 2.65. The molecule has 0 fully saturated rings. The van der Waals surface area contributed by atoms with Gasteiger partial charge in [-0.15, -0.1) is 0 Å². The van der Waals surface area contributed by atoms with Crippen LogP contribution in [0.3, 0.4) is 0 Å². The number of nitrogens with zero attached hydrogens (tertiary/aromatic N) is 1. The normalized spacial score (nSPS) is 10.4. The number of aryl methyl sites for hydroxylation is 1. The third-order valence-corrected chi connectivity index (χ3v) is 4.04. The van der Waals surface area contributed by atoms with Gasteiger partial charge in [-0.1, -0.05) is 24.3 Å². The number of nitrogens with one attached hydrogen (secondary N) is 2. The summed E-state index contributed by atoms with van der Waals surface area (Å²) in [6.07, 6.45) is 1.70. The van der Waals surface area contributed by atoms with Crippen molar-refractivity contribution in [3.63, 3.8) is 0 Å². The molecule has 0 bridgehead atoms. The maximum absolute atomic E-state index is 12.1. The first-order chi connectivity index (χ1) is 12.6. The Kier molecular flexibility index (Phi) is 5.12. The van der Waals surface area contributed by atoms with Crippen LogP contribution in [0.1, 0.15) is 11.1 Å². The molecule has 0 spiro atoms. The summed E-state index contributed by atoms with van der Waals surface area (Å²) < 4.78 is 5.13. The molecule has 0 aliphatic heterocycles. The number of hydrogen-bond acceptors (Lipinski definition) is 4. The van der Waals surface area contributed by atoms with E-state index in [9.17, 15) is 9.59 Å². The van der Waals surface area contributed by atoms with Gasteiger partial charge in [0.15, 0.2) is 0 Å². The maximum Gasteiger partial charge on any atom is 0.313 e. The Morgan fingerprint density at radius 1 is 1.08 bits per heavy atom. The molecule has 6 heteroatoms. The van der Waals surface area contributed by atoms with Gasteiger partial charge in [-0.05, 0) is 42.3 Å². The molecule has 1 aromatic heterocycles. The molecule has 2 amide bonds. The Morgan fingerprint density at radius 2 is 1.88 bits per heavy atom. The van der Waals surface area contributed by atoms with Crippen molar-refractivity contribution in [2.45, 2.75) is 13.5 Å². The van der Waals surface area contributed by atoms with Crippen LogP contribution < -0.4 is 15.4 Å². The highest BCUT2D eigenvalue weighted by atomic mass is 16.5. The molecule has 6 nitrogen and oxygen atoms in total.